The SMILES string of the molecule is [B]C(C)Oc1ccc(C(C)CC(C)C)cc1. The van der Waals surface area contributed by atoms with Gasteiger partial charge in [-0.3, -0.25) is 0 Å². The highest BCUT2D eigenvalue weighted by atomic mass is 16.5. The van der Waals surface area contributed by atoms with Crippen LogP contribution in [0.3, 0.4) is 0 Å². The number of benzene rings is 1. The molecule has 0 aliphatic heterocycles. The summed E-state index contributed by atoms with van der Waals surface area (Å²) in [6, 6.07) is 8.00. The van der Waals surface area contributed by atoms with Crippen LogP contribution in [0.4, 0.5) is 0 Å². The molecule has 2 heteroatoms. The van der Waals surface area contributed by atoms with E-state index in [-0.39, 0.29) is 6.00 Å². The molecule has 0 N–H and O–H groups in total. The Morgan fingerprint density at radius 3 is 2.06 bits per heavy atom. The third kappa shape index (κ3) is 4.30. The van der Waals surface area contributed by atoms with E-state index >= 15 is 0 Å². The van der Waals surface area contributed by atoms with E-state index in [9.17, 15) is 0 Å². The molecular formula is C14H21BO. The zero-order chi connectivity index (χ0) is 12.1. The van der Waals surface area contributed by atoms with Crippen molar-refractivity contribution in [3.8, 4) is 5.75 Å². The van der Waals surface area contributed by atoms with Crippen LogP contribution >= 0.6 is 0 Å². The largest absolute Gasteiger partial charge is 0.501 e. The van der Waals surface area contributed by atoms with Crippen molar-refractivity contribution in [2.24, 2.45) is 5.92 Å². The lowest BCUT2D eigenvalue weighted by Crippen LogP contribution is -2.10. The first kappa shape index (κ1) is 13.2. The maximum absolute atomic E-state index is 5.57. The molecule has 0 aliphatic carbocycles. The Morgan fingerprint density at radius 1 is 1.06 bits per heavy atom. The topological polar surface area (TPSA) is 9.23 Å². The summed E-state index contributed by atoms with van der Waals surface area (Å²) in [5.74, 6) is 2.18. The fourth-order valence-electron chi connectivity index (χ4n) is 1.93. The molecule has 2 atom stereocenters. The molecule has 86 valence electrons. The van der Waals surface area contributed by atoms with Crippen LogP contribution in [-0.4, -0.2) is 13.8 Å². The molecule has 2 unspecified atom stereocenters. The van der Waals surface area contributed by atoms with E-state index < -0.39 is 0 Å². The molecule has 1 rings (SSSR count). The smallest absolute Gasteiger partial charge is 0.126 e. The second kappa shape index (κ2) is 5.98. The summed E-state index contributed by atoms with van der Waals surface area (Å²) >= 11 is 0. The van der Waals surface area contributed by atoms with Gasteiger partial charge in [0.15, 0.2) is 0 Å². The summed E-state index contributed by atoms with van der Waals surface area (Å²) in [6.45, 7) is 8.60. The van der Waals surface area contributed by atoms with Crippen molar-refractivity contribution >= 4 is 7.85 Å². The molecule has 0 bridgehead atoms. The van der Waals surface area contributed by atoms with E-state index in [2.05, 4.69) is 32.9 Å². The zero-order valence-electron chi connectivity index (χ0n) is 10.7. The van der Waals surface area contributed by atoms with Gasteiger partial charge in [0.1, 0.15) is 13.6 Å². The van der Waals surface area contributed by atoms with E-state index in [0.29, 0.717) is 5.92 Å². The van der Waals surface area contributed by atoms with Gasteiger partial charge in [0, 0.05) is 0 Å². The van der Waals surface area contributed by atoms with Gasteiger partial charge in [0.25, 0.3) is 0 Å². The molecular weight excluding hydrogens is 195 g/mol. The molecule has 0 aliphatic rings. The predicted octanol–water partition coefficient (Wildman–Crippen LogP) is 3.73. The first-order valence-electron chi connectivity index (χ1n) is 6.01. The summed E-state index contributed by atoms with van der Waals surface area (Å²) < 4.78 is 5.41. The number of hydrogen-bond donors (Lipinski definition) is 0. The van der Waals surface area contributed by atoms with Gasteiger partial charge in [-0.2, -0.15) is 0 Å². The number of rotatable bonds is 5. The quantitative estimate of drug-likeness (QED) is 0.681. The summed E-state index contributed by atoms with van der Waals surface area (Å²) in [7, 11) is 5.57. The maximum Gasteiger partial charge on any atom is 0.126 e. The highest BCUT2D eigenvalue weighted by Crippen LogP contribution is 2.25. The lowest BCUT2D eigenvalue weighted by atomic mass is 9.92. The van der Waals surface area contributed by atoms with Crippen LogP contribution in [0, 0.1) is 5.92 Å². The Labute approximate surface area is 101 Å². The standard InChI is InChI=1S/C14H21BO/c1-10(2)9-11(3)13-5-7-14(8-6-13)16-12(4)15/h5-8,10-12H,9H2,1-4H3. The van der Waals surface area contributed by atoms with Gasteiger partial charge in [-0.25, -0.2) is 0 Å². The molecule has 1 aromatic carbocycles. The molecule has 0 aromatic heterocycles. The van der Waals surface area contributed by atoms with Crippen LogP contribution in [0.1, 0.15) is 45.6 Å². The van der Waals surface area contributed by atoms with E-state index in [4.69, 9.17) is 12.6 Å². The highest BCUT2D eigenvalue weighted by molar-refractivity contribution is 6.10. The normalized spacial score (nSPS) is 14.8. The Kier molecular flexibility index (Phi) is 4.91. The average Bonchev–Trinajstić information content (AvgIpc) is 2.16. The Hall–Kier alpha value is -0.915. The first-order chi connectivity index (χ1) is 7.49. The molecule has 0 heterocycles. The van der Waals surface area contributed by atoms with Crippen LogP contribution in [0.5, 0.6) is 5.75 Å². The van der Waals surface area contributed by atoms with Gasteiger partial charge in [0.2, 0.25) is 0 Å². The highest BCUT2D eigenvalue weighted by Gasteiger charge is 2.08. The molecule has 0 saturated heterocycles. The fourth-order valence-corrected chi connectivity index (χ4v) is 1.93. The van der Waals surface area contributed by atoms with Crippen molar-refractivity contribution in [1.29, 1.82) is 0 Å². The monoisotopic (exact) mass is 216 g/mol. The summed E-state index contributed by atoms with van der Waals surface area (Å²) in [5, 5.41) is 0. The zero-order valence-corrected chi connectivity index (χ0v) is 10.7. The van der Waals surface area contributed by atoms with Crippen molar-refractivity contribution in [2.45, 2.75) is 46.0 Å². The molecule has 0 amide bonds. The van der Waals surface area contributed by atoms with Crippen molar-refractivity contribution in [2.75, 3.05) is 0 Å². The molecule has 0 fully saturated rings. The second-order valence-corrected chi connectivity index (χ2v) is 4.92. The summed E-state index contributed by atoms with van der Waals surface area (Å²) in [6.07, 6.45) is 1.22. The van der Waals surface area contributed by atoms with Gasteiger partial charge >= 0.3 is 0 Å². The minimum atomic E-state index is -0.251. The van der Waals surface area contributed by atoms with E-state index in [1.807, 2.05) is 19.1 Å². The van der Waals surface area contributed by atoms with Crippen LogP contribution in [-0.2, 0) is 0 Å². The lowest BCUT2D eigenvalue weighted by Gasteiger charge is -2.15. The van der Waals surface area contributed by atoms with Crippen molar-refractivity contribution < 1.29 is 4.74 Å². The van der Waals surface area contributed by atoms with Crippen LogP contribution in [0.25, 0.3) is 0 Å². The third-order valence-corrected chi connectivity index (χ3v) is 2.60. The Bertz CT molecular complexity index is 303. The Balaban J connectivity index is 2.63. The first-order valence-corrected chi connectivity index (χ1v) is 6.01. The average molecular weight is 216 g/mol. The minimum Gasteiger partial charge on any atom is -0.501 e. The van der Waals surface area contributed by atoms with Gasteiger partial charge in [-0.15, -0.1) is 0 Å². The maximum atomic E-state index is 5.57. The Morgan fingerprint density at radius 2 is 1.62 bits per heavy atom. The van der Waals surface area contributed by atoms with Gasteiger partial charge in [-0.05, 0) is 42.9 Å². The van der Waals surface area contributed by atoms with E-state index in [1.165, 1.54) is 12.0 Å². The minimum absolute atomic E-state index is 0.251. The molecule has 16 heavy (non-hydrogen) atoms. The van der Waals surface area contributed by atoms with E-state index in [0.717, 1.165) is 11.7 Å². The van der Waals surface area contributed by atoms with Crippen molar-refractivity contribution in [3.05, 3.63) is 29.8 Å². The van der Waals surface area contributed by atoms with Gasteiger partial charge in [-0.1, -0.05) is 32.9 Å². The molecule has 0 saturated carbocycles. The molecule has 2 radical (unpaired) electrons. The van der Waals surface area contributed by atoms with E-state index in [1.54, 1.807) is 0 Å². The summed E-state index contributed by atoms with van der Waals surface area (Å²) in [5.41, 5.74) is 1.37. The number of hydrogen-bond acceptors (Lipinski definition) is 1. The van der Waals surface area contributed by atoms with Crippen molar-refractivity contribution in [3.63, 3.8) is 0 Å². The van der Waals surface area contributed by atoms with Gasteiger partial charge < -0.3 is 4.74 Å². The fraction of sp³-hybridized carbons (Fsp3) is 0.571. The van der Waals surface area contributed by atoms with Crippen LogP contribution in [0.15, 0.2) is 24.3 Å². The molecule has 1 nitrogen and oxygen atoms in total. The number of ether oxygens (including phenoxy) is 1. The molecule has 0 spiro atoms. The van der Waals surface area contributed by atoms with Crippen molar-refractivity contribution in [1.82, 2.24) is 0 Å². The van der Waals surface area contributed by atoms with Crippen LogP contribution < -0.4 is 4.74 Å². The van der Waals surface area contributed by atoms with Crippen LogP contribution in [0.2, 0.25) is 0 Å². The third-order valence-electron chi connectivity index (χ3n) is 2.60. The molecule has 1 aromatic rings. The second-order valence-electron chi connectivity index (χ2n) is 4.92. The predicted molar refractivity (Wildman–Crippen MR) is 70.2 cm³/mol. The summed E-state index contributed by atoms with van der Waals surface area (Å²) in [4.78, 5) is 0. The lowest BCUT2D eigenvalue weighted by molar-refractivity contribution is 0.300. The van der Waals surface area contributed by atoms with Gasteiger partial charge in [0.05, 0.1) is 6.00 Å².